The number of aliphatic carboxylic acids is 1. The van der Waals surface area contributed by atoms with E-state index in [9.17, 15) is 14.4 Å². The molecule has 1 heterocycles. The maximum atomic E-state index is 12.4. The summed E-state index contributed by atoms with van der Waals surface area (Å²) in [6, 6.07) is 14.4. The van der Waals surface area contributed by atoms with Gasteiger partial charge in [0.15, 0.2) is 0 Å². The molecule has 192 valence electrons. The Morgan fingerprint density at radius 2 is 1.36 bits per heavy atom. The number of amides is 2. The number of nitrogens with zero attached hydrogens (tertiary/aromatic N) is 1. The Kier molecular flexibility index (Phi) is 8.78. The second kappa shape index (κ2) is 12.4. The van der Waals surface area contributed by atoms with Crippen LogP contribution in [0.4, 0.5) is 5.69 Å². The maximum absolute atomic E-state index is 12.4. The zero-order chi connectivity index (χ0) is 25.3. The van der Waals surface area contributed by atoms with Gasteiger partial charge in [0, 0.05) is 43.0 Å². The highest BCUT2D eigenvalue weighted by Crippen LogP contribution is 2.28. The van der Waals surface area contributed by atoms with E-state index < -0.39 is 5.97 Å². The Balaban J connectivity index is 1.15. The molecule has 1 saturated heterocycles. The molecule has 1 aliphatic heterocycles. The smallest absolute Gasteiger partial charge is 0.306 e. The van der Waals surface area contributed by atoms with Crippen molar-refractivity contribution in [2.24, 2.45) is 5.92 Å². The summed E-state index contributed by atoms with van der Waals surface area (Å²) >= 11 is 0. The Labute approximate surface area is 210 Å². The van der Waals surface area contributed by atoms with Crippen molar-refractivity contribution in [3.8, 4) is 5.75 Å². The molecule has 0 unspecified atom stereocenters. The molecule has 2 aliphatic rings. The molecule has 0 atom stereocenters. The molecule has 3 N–H and O–H groups in total. The van der Waals surface area contributed by atoms with E-state index in [-0.39, 0.29) is 23.8 Å². The normalized spacial score (nSPS) is 19.8. The number of anilines is 1. The topological polar surface area (TPSA) is 117 Å². The van der Waals surface area contributed by atoms with E-state index in [0.717, 1.165) is 18.8 Å². The van der Waals surface area contributed by atoms with Crippen molar-refractivity contribution >= 4 is 23.5 Å². The summed E-state index contributed by atoms with van der Waals surface area (Å²) in [5.74, 6) is -0.760. The average molecular weight is 496 g/mol. The summed E-state index contributed by atoms with van der Waals surface area (Å²) in [5, 5.41) is 14.7. The summed E-state index contributed by atoms with van der Waals surface area (Å²) in [6.07, 6.45) is 2.67. The highest BCUT2D eigenvalue weighted by Gasteiger charge is 2.26. The summed E-state index contributed by atoms with van der Waals surface area (Å²) in [7, 11) is 0. The number of rotatable bonds is 9. The molecule has 2 amide bonds. The van der Waals surface area contributed by atoms with Crippen molar-refractivity contribution in [1.29, 1.82) is 0 Å². The fraction of sp³-hybridized carbons (Fsp3) is 0.444. The van der Waals surface area contributed by atoms with Crippen LogP contribution in [0.5, 0.6) is 5.75 Å². The summed E-state index contributed by atoms with van der Waals surface area (Å²) in [5.41, 5.74) is 2.15. The molecule has 2 aromatic rings. The van der Waals surface area contributed by atoms with Gasteiger partial charge in [0.1, 0.15) is 5.75 Å². The van der Waals surface area contributed by atoms with Crippen molar-refractivity contribution in [2.75, 3.05) is 44.3 Å². The Bertz CT molecular complexity index is 1030. The van der Waals surface area contributed by atoms with Crippen LogP contribution in [0.25, 0.3) is 0 Å². The third-order valence-electron chi connectivity index (χ3n) is 6.64. The number of carbonyl (C=O) groups excluding carboxylic acids is 2. The molecule has 0 aromatic heterocycles. The highest BCUT2D eigenvalue weighted by atomic mass is 16.5. The van der Waals surface area contributed by atoms with E-state index in [4.69, 9.17) is 14.6 Å². The van der Waals surface area contributed by atoms with Crippen molar-refractivity contribution in [3.63, 3.8) is 0 Å². The Morgan fingerprint density at radius 3 is 1.89 bits per heavy atom. The minimum Gasteiger partial charge on any atom is -0.490 e. The quantitative estimate of drug-likeness (QED) is 0.458. The molecule has 1 saturated carbocycles. The minimum absolute atomic E-state index is 0.000501. The van der Waals surface area contributed by atoms with Gasteiger partial charge in [0.25, 0.3) is 11.8 Å². The molecule has 2 fully saturated rings. The Hall–Kier alpha value is -3.59. The fourth-order valence-corrected chi connectivity index (χ4v) is 4.51. The second-order valence-corrected chi connectivity index (χ2v) is 9.11. The van der Waals surface area contributed by atoms with Crippen LogP contribution in [-0.4, -0.2) is 68.4 Å². The van der Waals surface area contributed by atoms with Crippen LogP contribution in [0, 0.1) is 5.92 Å². The van der Waals surface area contributed by atoms with Crippen LogP contribution in [-0.2, 0) is 9.53 Å². The van der Waals surface area contributed by atoms with Gasteiger partial charge in [-0.1, -0.05) is 0 Å². The van der Waals surface area contributed by atoms with Crippen LogP contribution < -0.4 is 20.3 Å². The van der Waals surface area contributed by atoms with Gasteiger partial charge in [-0.2, -0.15) is 0 Å². The van der Waals surface area contributed by atoms with Gasteiger partial charge < -0.3 is 30.1 Å². The lowest BCUT2D eigenvalue weighted by molar-refractivity contribution is -0.143. The molecule has 1 aliphatic carbocycles. The number of hydrogen-bond donors (Lipinski definition) is 3. The van der Waals surface area contributed by atoms with Crippen molar-refractivity contribution in [1.82, 2.24) is 10.6 Å². The first kappa shape index (κ1) is 25.5. The lowest BCUT2D eigenvalue weighted by Gasteiger charge is -2.28. The van der Waals surface area contributed by atoms with Crippen molar-refractivity contribution in [2.45, 2.75) is 31.8 Å². The number of nitrogens with one attached hydrogen (secondary N) is 2. The first-order valence-electron chi connectivity index (χ1n) is 12.5. The van der Waals surface area contributed by atoms with E-state index in [0.29, 0.717) is 68.9 Å². The van der Waals surface area contributed by atoms with Crippen LogP contribution in [0.15, 0.2) is 48.5 Å². The molecular weight excluding hydrogens is 462 g/mol. The largest absolute Gasteiger partial charge is 0.490 e. The van der Waals surface area contributed by atoms with Gasteiger partial charge in [0.2, 0.25) is 0 Å². The molecule has 4 rings (SSSR count). The monoisotopic (exact) mass is 495 g/mol. The number of hydrogen-bond acceptors (Lipinski definition) is 6. The van der Waals surface area contributed by atoms with Gasteiger partial charge in [0.05, 0.1) is 25.2 Å². The van der Waals surface area contributed by atoms with E-state index in [1.54, 1.807) is 36.4 Å². The van der Waals surface area contributed by atoms with Crippen LogP contribution >= 0.6 is 0 Å². The zero-order valence-electron chi connectivity index (χ0n) is 20.3. The number of ether oxygens (including phenoxy) is 2. The maximum Gasteiger partial charge on any atom is 0.306 e. The summed E-state index contributed by atoms with van der Waals surface area (Å²) < 4.78 is 11.3. The van der Waals surface area contributed by atoms with Crippen LogP contribution in [0.2, 0.25) is 0 Å². The zero-order valence-corrected chi connectivity index (χ0v) is 20.3. The predicted molar refractivity (Wildman–Crippen MR) is 135 cm³/mol. The number of benzene rings is 2. The second-order valence-electron chi connectivity index (χ2n) is 9.11. The number of carbonyl (C=O) groups is 3. The van der Waals surface area contributed by atoms with Gasteiger partial charge in [-0.15, -0.1) is 0 Å². The van der Waals surface area contributed by atoms with Crippen molar-refractivity contribution in [3.05, 3.63) is 59.7 Å². The lowest BCUT2D eigenvalue weighted by atomic mass is 9.87. The fourth-order valence-electron chi connectivity index (χ4n) is 4.51. The highest BCUT2D eigenvalue weighted by molar-refractivity contribution is 5.95. The molecular formula is C27H33N3O6. The number of carboxylic acids is 1. The first-order chi connectivity index (χ1) is 17.5. The van der Waals surface area contributed by atoms with Crippen LogP contribution in [0.3, 0.4) is 0 Å². The number of morpholine rings is 1. The van der Waals surface area contributed by atoms with Gasteiger partial charge >= 0.3 is 5.97 Å². The third-order valence-corrected chi connectivity index (χ3v) is 6.64. The van der Waals surface area contributed by atoms with Gasteiger partial charge in [-0.05, 0) is 74.2 Å². The summed E-state index contributed by atoms with van der Waals surface area (Å²) in [4.78, 5) is 38.1. The molecule has 36 heavy (non-hydrogen) atoms. The Morgan fingerprint density at radius 1 is 0.833 bits per heavy atom. The molecule has 0 spiro atoms. The molecule has 9 nitrogen and oxygen atoms in total. The van der Waals surface area contributed by atoms with Crippen molar-refractivity contribution < 1.29 is 29.0 Å². The van der Waals surface area contributed by atoms with E-state index in [1.807, 2.05) is 12.1 Å². The minimum atomic E-state index is -0.735. The summed E-state index contributed by atoms with van der Waals surface area (Å²) in [6.45, 7) is 3.73. The first-order valence-corrected chi connectivity index (χ1v) is 12.5. The molecule has 2 aromatic carbocycles. The van der Waals surface area contributed by atoms with E-state index >= 15 is 0 Å². The SMILES string of the molecule is O=C(NCCNC(=O)c1ccc(N2CCOCC2)cc1)c1ccc(OC2CCC(C(=O)O)CC2)cc1. The lowest BCUT2D eigenvalue weighted by Crippen LogP contribution is -2.36. The van der Waals surface area contributed by atoms with E-state index in [2.05, 4.69) is 15.5 Å². The number of carboxylic acid groups (broad SMARTS) is 1. The molecule has 0 bridgehead atoms. The predicted octanol–water partition coefficient (Wildman–Crippen LogP) is 2.71. The molecule has 9 heteroatoms. The average Bonchev–Trinajstić information content (AvgIpc) is 2.92. The molecule has 0 radical (unpaired) electrons. The van der Waals surface area contributed by atoms with Crippen LogP contribution in [0.1, 0.15) is 46.4 Å². The van der Waals surface area contributed by atoms with E-state index in [1.165, 1.54) is 0 Å². The van der Waals surface area contributed by atoms with Gasteiger partial charge in [-0.25, -0.2) is 0 Å². The van der Waals surface area contributed by atoms with Gasteiger partial charge in [-0.3, -0.25) is 14.4 Å². The third kappa shape index (κ3) is 6.97. The standard InChI is InChI=1S/C27H33N3O6/c31-25(19-1-7-22(8-2-19)30-15-17-35-18-16-30)28-13-14-29-26(32)20-3-9-23(10-4-20)36-24-11-5-21(6-12-24)27(33)34/h1-4,7-10,21,24H,5-6,11-18H2,(H,28,31)(H,29,32)(H,33,34).